The minimum atomic E-state index is -0.470. The third-order valence-corrected chi connectivity index (χ3v) is 5.94. The number of hydrogen-bond donors (Lipinski definition) is 1. The van der Waals surface area contributed by atoms with Gasteiger partial charge in [0.2, 0.25) is 0 Å². The molecule has 162 valence electrons. The topological polar surface area (TPSA) is 46.9 Å². The van der Waals surface area contributed by atoms with Crippen molar-refractivity contribution in [2.45, 2.75) is 39.2 Å². The Bertz CT molecular complexity index is 1180. The first kappa shape index (κ1) is 21.6. The summed E-state index contributed by atoms with van der Waals surface area (Å²) in [5, 5.41) is 8.23. The molecule has 1 N–H and O–H groups in total. The SMILES string of the molecule is CCCC(C)(NC(=O)c1c(-c2ccccc2)nn(-c2ccccc2)c1C)c1ccccc1. The number of hydrogen-bond acceptors (Lipinski definition) is 2. The van der Waals surface area contributed by atoms with Gasteiger partial charge in [-0.25, -0.2) is 4.68 Å². The first-order valence-electron chi connectivity index (χ1n) is 11.1. The lowest BCUT2D eigenvalue weighted by atomic mass is 9.87. The lowest BCUT2D eigenvalue weighted by Crippen LogP contribution is -2.43. The fourth-order valence-corrected chi connectivity index (χ4v) is 4.29. The van der Waals surface area contributed by atoms with Gasteiger partial charge in [-0.15, -0.1) is 0 Å². The molecule has 4 nitrogen and oxygen atoms in total. The zero-order chi connectivity index (χ0) is 22.6. The van der Waals surface area contributed by atoms with Crippen LogP contribution in [0.4, 0.5) is 0 Å². The first-order valence-corrected chi connectivity index (χ1v) is 11.1. The molecule has 0 aliphatic rings. The maximum atomic E-state index is 13.8. The van der Waals surface area contributed by atoms with Crippen LogP contribution in [0.25, 0.3) is 16.9 Å². The van der Waals surface area contributed by atoms with E-state index in [0.717, 1.165) is 35.3 Å². The highest BCUT2D eigenvalue weighted by atomic mass is 16.1. The standard InChI is InChI=1S/C28H29N3O/c1-4-20-28(3,23-16-10-6-11-17-23)29-27(32)25-21(2)31(24-18-12-7-13-19-24)30-26(25)22-14-8-5-9-15-22/h5-19H,4,20H2,1-3H3,(H,29,32). The summed E-state index contributed by atoms with van der Waals surface area (Å²) >= 11 is 0. The van der Waals surface area contributed by atoms with E-state index in [9.17, 15) is 4.79 Å². The van der Waals surface area contributed by atoms with Crippen molar-refractivity contribution >= 4 is 5.91 Å². The largest absolute Gasteiger partial charge is 0.343 e. The molecule has 4 rings (SSSR count). The third-order valence-electron chi connectivity index (χ3n) is 5.94. The van der Waals surface area contributed by atoms with Gasteiger partial charge in [0, 0.05) is 5.56 Å². The second-order valence-electron chi connectivity index (χ2n) is 8.32. The van der Waals surface area contributed by atoms with Crippen molar-refractivity contribution in [2.24, 2.45) is 0 Å². The number of rotatable bonds is 7. The zero-order valence-electron chi connectivity index (χ0n) is 18.9. The van der Waals surface area contributed by atoms with E-state index in [0.29, 0.717) is 11.3 Å². The number of nitrogens with zero attached hydrogens (tertiary/aromatic N) is 2. The average molecular weight is 424 g/mol. The van der Waals surface area contributed by atoms with E-state index in [1.54, 1.807) is 0 Å². The maximum Gasteiger partial charge on any atom is 0.256 e. The van der Waals surface area contributed by atoms with Gasteiger partial charge in [-0.1, -0.05) is 92.2 Å². The van der Waals surface area contributed by atoms with Crippen LogP contribution in [0.2, 0.25) is 0 Å². The number of carbonyl (C=O) groups excluding carboxylic acids is 1. The molecule has 0 spiro atoms. The molecule has 1 atom stereocenters. The summed E-state index contributed by atoms with van der Waals surface area (Å²) in [5.41, 5.74) is 4.61. The van der Waals surface area contributed by atoms with Crippen molar-refractivity contribution in [3.05, 3.63) is 108 Å². The normalized spacial score (nSPS) is 12.8. The van der Waals surface area contributed by atoms with E-state index in [2.05, 4.69) is 31.3 Å². The molecule has 4 heteroatoms. The summed E-state index contributed by atoms with van der Waals surface area (Å²) < 4.78 is 1.86. The summed E-state index contributed by atoms with van der Waals surface area (Å²) in [6, 6.07) is 30.0. The van der Waals surface area contributed by atoms with Crippen LogP contribution in [0.5, 0.6) is 0 Å². The Hall–Kier alpha value is -3.66. The number of aromatic nitrogens is 2. The Kier molecular flexibility index (Phi) is 6.22. The van der Waals surface area contributed by atoms with E-state index in [-0.39, 0.29) is 5.91 Å². The van der Waals surface area contributed by atoms with Crippen LogP contribution in [0.1, 0.15) is 48.3 Å². The van der Waals surface area contributed by atoms with Gasteiger partial charge < -0.3 is 5.32 Å². The monoisotopic (exact) mass is 423 g/mol. The minimum Gasteiger partial charge on any atom is -0.343 e. The van der Waals surface area contributed by atoms with Gasteiger partial charge in [-0.2, -0.15) is 5.10 Å². The van der Waals surface area contributed by atoms with E-state index >= 15 is 0 Å². The van der Waals surface area contributed by atoms with Crippen LogP contribution in [-0.4, -0.2) is 15.7 Å². The van der Waals surface area contributed by atoms with E-state index < -0.39 is 5.54 Å². The van der Waals surface area contributed by atoms with Crippen LogP contribution >= 0.6 is 0 Å². The fourth-order valence-electron chi connectivity index (χ4n) is 4.29. The summed E-state index contributed by atoms with van der Waals surface area (Å²) in [6.45, 7) is 6.20. The quantitative estimate of drug-likeness (QED) is 0.379. The molecule has 1 heterocycles. The molecule has 4 aromatic rings. The van der Waals surface area contributed by atoms with Crippen molar-refractivity contribution in [1.82, 2.24) is 15.1 Å². The molecule has 0 aliphatic heterocycles. The van der Waals surface area contributed by atoms with Crippen LogP contribution < -0.4 is 5.32 Å². The first-order chi connectivity index (χ1) is 15.5. The van der Waals surface area contributed by atoms with Crippen molar-refractivity contribution in [2.75, 3.05) is 0 Å². The molecule has 0 fully saturated rings. The summed E-state index contributed by atoms with van der Waals surface area (Å²) in [4.78, 5) is 13.8. The van der Waals surface area contributed by atoms with Crippen molar-refractivity contribution in [3.8, 4) is 16.9 Å². The molecule has 0 radical (unpaired) electrons. The zero-order valence-corrected chi connectivity index (χ0v) is 18.9. The number of para-hydroxylation sites is 1. The smallest absolute Gasteiger partial charge is 0.256 e. The molecule has 32 heavy (non-hydrogen) atoms. The van der Waals surface area contributed by atoms with Crippen molar-refractivity contribution < 1.29 is 4.79 Å². The molecule has 0 saturated heterocycles. The molecule has 0 bridgehead atoms. The fraction of sp³-hybridized carbons (Fsp3) is 0.214. The number of amides is 1. The second kappa shape index (κ2) is 9.23. The minimum absolute atomic E-state index is 0.108. The maximum absolute atomic E-state index is 13.8. The van der Waals surface area contributed by atoms with Gasteiger partial charge in [0.15, 0.2) is 0 Å². The van der Waals surface area contributed by atoms with E-state index in [1.807, 2.05) is 90.5 Å². The Morgan fingerprint density at radius 3 is 2.06 bits per heavy atom. The van der Waals surface area contributed by atoms with Crippen LogP contribution in [-0.2, 0) is 5.54 Å². The molecular weight excluding hydrogens is 394 g/mol. The molecule has 1 amide bonds. The summed E-state index contributed by atoms with van der Waals surface area (Å²) in [7, 11) is 0. The Balaban J connectivity index is 1.81. The van der Waals surface area contributed by atoms with Crippen LogP contribution in [0.15, 0.2) is 91.0 Å². The highest BCUT2D eigenvalue weighted by Crippen LogP contribution is 2.31. The van der Waals surface area contributed by atoms with Crippen molar-refractivity contribution in [1.29, 1.82) is 0 Å². The third kappa shape index (κ3) is 4.22. The van der Waals surface area contributed by atoms with Gasteiger partial charge in [-0.05, 0) is 38.0 Å². The molecule has 1 aromatic heterocycles. The summed E-state index contributed by atoms with van der Waals surface area (Å²) in [5.74, 6) is -0.108. The van der Waals surface area contributed by atoms with E-state index in [1.165, 1.54) is 0 Å². The molecule has 0 aliphatic carbocycles. The predicted octanol–water partition coefficient (Wildman–Crippen LogP) is 6.29. The molecule has 3 aromatic carbocycles. The highest BCUT2D eigenvalue weighted by molar-refractivity contribution is 6.01. The lowest BCUT2D eigenvalue weighted by molar-refractivity contribution is 0.0899. The molecule has 0 saturated carbocycles. The number of carbonyl (C=O) groups is 1. The van der Waals surface area contributed by atoms with E-state index in [4.69, 9.17) is 5.10 Å². The summed E-state index contributed by atoms with van der Waals surface area (Å²) in [6.07, 6.45) is 1.80. The number of benzene rings is 3. The Labute approximate surface area is 189 Å². The van der Waals surface area contributed by atoms with Gasteiger partial charge >= 0.3 is 0 Å². The van der Waals surface area contributed by atoms with Crippen LogP contribution in [0.3, 0.4) is 0 Å². The second-order valence-corrected chi connectivity index (χ2v) is 8.32. The number of nitrogens with one attached hydrogen (secondary N) is 1. The van der Waals surface area contributed by atoms with Gasteiger partial charge in [-0.3, -0.25) is 4.79 Å². The van der Waals surface area contributed by atoms with Crippen LogP contribution in [0, 0.1) is 6.92 Å². The molecule has 1 unspecified atom stereocenters. The predicted molar refractivity (Wildman–Crippen MR) is 130 cm³/mol. The van der Waals surface area contributed by atoms with Gasteiger partial charge in [0.1, 0.15) is 5.69 Å². The van der Waals surface area contributed by atoms with Gasteiger partial charge in [0.25, 0.3) is 5.91 Å². The molecular formula is C28H29N3O. The lowest BCUT2D eigenvalue weighted by Gasteiger charge is -2.31. The van der Waals surface area contributed by atoms with Crippen molar-refractivity contribution in [3.63, 3.8) is 0 Å². The van der Waals surface area contributed by atoms with Gasteiger partial charge in [0.05, 0.1) is 22.5 Å². The Morgan fingerprint density at radius 2 is 1.47 bits per heavy atom. The average Bonchev–Trinajstić information content (AvgIpc) is 3.18. The Morgan fingerprint density at radius 1 is 0.906 bits per heavy atom. The highest BCUT2D eigenvalue weighted by Gasteiger charge is 2.31.